The molecule has 0 fully saturated rings. The first-order valence-corrected chi connectivity index (χ1v) is 10.9. The van der Waals surface area contributed by atoms with Crippen LogP contribution < -0.4 is 9.46 Å². The number of likely N-dealkylation sites (N-methyl/N-ethyl adjacent to an activating group) is 1. The normalized spacial score (nSPS) is 12.5. The molecule has 0 saturated heterocycles. The third-order valence-electron chi connectivity index (χ3n) is 3.33. The van der Waals surface area contributed by atoms with Gasteiger partial charge in [-0.15, -0.1) is 11.3 Å². The van der Waals surface area contributed by atoms with Gasteiger partial charge in [-0.1, -0.05) is 34.8 Å². The number of anilines is 1. The molecule has 0 aliphatic rings. The Bertz CT molecular complexity index is 963. The number of hydrogen-bond donors (Lipinski definition) is 1. The molecule has 13 heteroatoms. The van der Waals surface area contributed by atoms with Gasteiger partial charge in [0.25, 0.3) is 10.0 Å². The minimum absolute atomic E-state index is 0.0211. The van der Waals surface area contributed by atoms with E-state index in [2.05, 4.69) is 4.72 Å². The minimum Gasteiger partial charge on any atom is -0.492 e. The molecular formula is C15H14Cl3F3N2O3S2. The molecule has 5 nitrogen and oxygen atoms in total. The summed E-state index contributed by atoms with van der Waals surface area (Å²) in [5, 5.41) is -0.265. The van der Waals surface area contributed by atoms with E-state index in [1.807, 2.05) is 0 Å². The zero-order chi connectivity index (χ0) is 21.3. The maximum atomic E-state index is 13.2. The van der Waals surface area contributed by atoms with E-state index in [-0.39, 0.29) is 26.0 Å². The third-order valence-corrected chi connectivity index (χ3v) is 7.33. The van der Waals surface area contributed by atoms with Gasteiger partial charge in [-0.2, -0.15) is 13.2 Å². The lowest BCUT2D eigenvalue weighted by Gasteiger charge is -2.17. The van der Waals surface area contributed by atoms with Crippen molar-refractivity contribution in [3.63, 3.8) is 0 Å². The van der Waals surface area contributed by atoms with Crippen LogP contribution in [-0.2, 0) is 16.2 Å². The van der Waals surface area contributed by atoms with E-state index >= 15 is 0 Å². The van der Waals surface area contributed by atoms with Crippen LogP contribution in [0.15, 0.2) is 23.1 Å². The molecular weight excluding hydrogens is 484 g/mol. The predicted molar refractivity (Wildman–Crippen MR) is 106 cm³/mol. The molecule has 156 valence electrons. The smallest absolute Gasteiger partial charge is 0.419 e. The van der Waals surface area contributed by atoms with E-state index in [0.717, 1.165) is 29.5 Å². The molecule has 0 bridgehead atoms. The van der Waals surface area contributed by atoms with Crippen molar-refractivity contribution >= 4 is 61.9 Å². The Morgan fingerprint density at radius 1 is 1.18 bits per heavy atom. The average molecular weight is 498 g/mol. The van der Waals surface area contributed by atoms with E-state index in [9.17, 15) is 21.6 Å². The Labute approximate surface area is 179 Å². The van der Waals surface area contributed by atoms with Crippen LogP contribution in [0.2, 0.25) is 13.7 Å². The molecule has 1 N–H and O–H groups in total. The largest absolute Gasteiger partial charge is 0.492 e. The van der Waals surface area contributed by atoms with Gasteiger partial charge in [0.2, 0.25) is 0 Å². The van der Waals surface area contributed by atoms with Crippen LogP contribution in [0.4, 0.5) is 18.9 Å². The molecule has 1 aromatic carbocycles. The van der Waals surface area contributed by atoms with Gasteiger partial charge in [-0.3, -0.25) is 4.72 Å². The van der Waals surface area contributed by atoms with Gasteiger partial charge in [-0.25, -0.2) is 8.42 Å². The molecule has 2 aromatic rings. The maximum Gasteiger partial charge on any atom is 0.419 e. The van der Waals surface area contributed by atoms with Crippen LogP contribution in [0.25, 0.3) is 0 Å². The standard InChI is InChI=1S/C15H14Cl3F3N2O3S2/c1-23(2)5-6-26-10-7-8(3-4-9(10)15(19,20)21)22-28(24,25)12-11(16)13(17)27-14(12)18/h3-4,7,22H,5-6H2,1-2H3. The summed E-state index contributed by atoms with van der Waals surface area (Å²) in [6.07, 6.45) is -4.67. The molecule has 0 aliphatic heterocycles. The monoisotopic (exact) mass is 496 g/mol. The topological polar surface area (TPSA) is 58.6 Å². The van der Waals surface area contributed by atoms with Gasteiger partial charge in [0, 0.05) is 12.6 Å². The number of nitrogens with one attached hydrogen (secondary N) is 1. The first kappa shape index (κ1) is 23.4. The summed E-state index contributed by atoms with van der Waals surface area (Å²) in [5.74, 6) is -0.505. The fourth-order valence-corrected chi connectivity index (χ4v) is 5.95. The molecule has 1 heterocycles. The van der Waals surface area contributed by atoms with Gasteiger partial charge >= 0.3 is 6.18 Å². The highest BCUT2D eigenvalue weighted by Crippen LogP contribution is 2.44. The highest BCUT2D eigenvalue weighted by atomic mass is 35.5. The molecule has 2 rings (SSSR count). The summed E-state index contributed by atoms with van der Waals surface area (Å²) in [4.78, 5) is 1.28. The van der Waals surface area contributed by atoms with Crippen LogP contribution in [0.5, 0.6) is 5.75 Å². The van der Waals surface area contributed by atoms with E-state index in [1.165, 1.54) is 0 Å². The molecule has 0 radical (unpaired) electrons. The third kappa shape index (κ3) is 5.58. The zero-order valence-corrected chi connectivity index (χ0v) is 18.3. The van der Waals surface area contributed by atoms with Gasteiger partial charge in [0.1, 0.15) is 25.9 Å². The zero-order valence-electron chi connectivity index (χ0n) is 14.4. The van der Waals surface area contributed by atoms with E-state index in [1.54, 1.807) is 19.0 Å². The number of hydrogen-bond acceptors (Lipinski definition) is 5. The number of thiophene rings is 1. The van der Waals surface area contributed by atoms with Gasteiger partial charge in [-0.05, 0) is 26.2 Å². The molecule has 0 aliphatic carbocycles. The lowest BCUT2D eigenvalue weighted by molar-refractivity contribution is -0.138. The molecule has 1 aromatic heterocycles. The van der Waals surface area contributed by atoms with Gasteiger partial charge in [0.15, 0.2) is 0 Å². The number of nitrogens with zero attached hydrogens (tertiary/aromatic N) is 1. The van der Waals surface area contributed by atoms with E-state index in [0.29, 0.717) is 6.54 Å². The molecule has 28 heavy (non-hydrogen) atoms. The lowest BCUT2D eigenvalue weighted by Crippen LogP contribution is -2.20. The summed E-state index contributed by atoms with van der Waals surface area (Å²) in [6.45, 7) is 0.343. The van der Waals surface area contributed by atoms with Crippen molar-refractivity contribution in [3.05, 3.63) is 37.5 Å². The summed E-state index contributed by atoms with van der Waals surface area (Å²) < 4.78 is 71.9. The number of halogens is 6. The first-order chi connectivity index (χ1) is 12.8. The molecule has 0 saturated carbocycles. The molecule has 0 atom stereocenters. The van der Waals surface area contributed by atoms with Crippen molar-refractivity contribution in [2.45, 2.75) is 11.1 Å². The Balaban J connectivity index is 2.38. The molecule has 0 unspecified atom stereocenters. The highest BCUT2D eigenvalue weighted by Gasteiger charge is 2.35. The Hall–Kier alpha value is -0.910. The molecule has 0 amide bonds. The number of rotatable bonds is 7. The maximum absolute atomic E-state index is 13.2. The first-order valence-electron chi connectivity index (χ1n) is 7.48. The summed E-state index contributed by atoms with van der Waals surface area (Å²) in [5.41, 5.74) is -1.17. The van der Waals surface area contributed by atoms with Crippen molar-refractivity contribution in [2.24, 2.45) is 0 Å². The Kier molecular flexibility index (Phi) is 7.38. The lowest BCUT2D eigenvalue weighted by atomic mass is 10.2. The van der Waals surface area contributed by atoms with Crippen LogP contribution in [0.1, 0.15) is 5.56 Å². The summed E-state index contributed by atoms with van der Waals surface area (Å²) >= 11 is 18.3. The number of ether oxygens (including phenoxy) is 1. The van der Waals surface area contributed by atoms with Crippen LogP contribution in [0.3, 0.4) is 0 Å². The van der Waals surface area contributed by atoms with Crippen molar-refractivity contribution in [1.82, 2.24) is 4.90 Å². The Morgan fingerprint density at radius 3 is 2.32 bits per heavy atom. The minimum atomic E-state index is -4.67. The van der Waals surface area contributed by atoms with E-state index in [4.69, 9.17) is 39.5 Å². The quantitative estimate of drug-likeness (QED) is 0.551. The Morgan fingerprint density at radius 2 is 1.82 bits per heavy atom. The van der Waals surface area contributed by atoms with Crippen molar-refractivity contribution in [3.8, 4) is 5.75 Å². The van der Waals surface area contributed by atoms with Crippen LogP contribution in [-0.4, -0.2) is 40.6 Å². The van der Waals surface area contributed by atoms with Gasteiger partial charge in [0.05, 0.1) is 16.3 Å². The number of benzene rings is 1. The number of sulfonamides is 1. The van der Waals surface area contributed by atoms with E-state index < -0.39 is 32.4 Å². The fraction of sp³-hybridized carbons (Fsp3) is 0.333. The molecule has 0 spiro atoms. The van der Waals surface area contributed by atoms with Gasteiger partial charge < -0.3 is 9.64 Å². The SMILES string of the molecule is CN(C)CCOc1cc(NS(=O)(=O)c2c(Cl)sc(Cl)c2Cl)ccc1C(F)(F)F. The predicted octanol–water partition coefficient (Wildman–Crippen LogP) is 5.47. The van der Waals surface area contributed by atoms with Crippen molar-refractivity contribution in [1.29, 1.82) is 0 Å². The van der Waals surface area contributed by atoms with Crippen LogP contribution >= 0.6 is 46.1 Å². The van der Waals surface area contributed by atoms with Crippen molar-refractivity contribution in [2.75, 3.05) is 32.0 Å². The summed E-state index contributed by atoms with van der Waals surface area (Å²) in [6, 6.07) is 2.65. The van der Waals surface area contributed by atoms with Crippen molar-refractivity contribution < 1.29 is 26.3 Å². The highest BCUT2D eigenvalue weighted by molar-refractivity contribution is 7.93. The fourth-order valence-electron chi connectivity index (χ4n) is 2.05. The second kappa shape index (κ2) is 8.85. The second-order valence-corrected chi connectivity index (χ2v) is 9.98. The van der Waals surface area contributed by atoms with Crippen LogP contribution in [0, 0.1) is 0 Å². The number of alkyl halides is 3. The second-order valence-electron chi connectivity index (χ2n) is 5.76. The average Bonchev–Trinajstić information content (AvgIpc) is 2.78. The summed E-state index contributed by atoms with van der Waals surface area (Å²) in [7, 11) is -0.817.